The predicted octanol–water partition coefficient (Wildman–Crippen LogP) is 0.218. The number of hydrogen-bond donors (Lipinski definition) is 13. The van der Waals surface area contributed by atoms with Crippen molar-refractivity contribution >= 4 is 86.6 Å². The number of rotatable bonds is 19. The van der Waals surface area contributed by atoms with Crippen molar-refractivity contribution < 1.29 is 86.0 Å². The van der Waals surface area contributed by atoms with Crippen molar-refractivity contribution in [3.05, 3.63) is 59.7 Å². The van der Waals surface area contributed by atoms with Gasteiger partial charge in [-0.15, -0.1) is 0 Å². The predicted molar refractivity (Wildman–Crippen MR) is 313 cm³/mol. The van der Waals surface area contributed by atoms with Crippen LogP contribution < -0.4 is 59.2 Å². The number of aliphatic carboxylic acids is 1. The number of aromatic hydroxyl groups is 1. The smallest absolute Gasteiger partial charge is 0.490 e. The first-order valence-electron chi connectivity index (χ1n) is 28.4. The molecule has 16 N–H and O–H groups in total. The highest BCUT2D eigenvalue weighted by molar-refractivity contribution is 8.77. The minimum atomic E-state index is -5.08. The molecule has 10 amide bonds. The molecule has 26 nitrogen and oxygen atoms in total. The van der Waals surface area contributed by atoms with Crippen LogP contribution in [0.5, 0.6) is 11.5 Å². The number of halogens is 3. The summed E-state index contributed by atoms with van der Waals surface area (Å²) >= 11 is 0. The molecule has 10 atom stereocenters. The highest BCUT2D eigenvalue weighted by Gasteiger charge is 2.43. The topological polar surface area (TPSA) is 423 Å². The second-order valence-corrected chi connectivity index (χ2v) is 24.5. The van der Waals surface area contributed by atoms with Gasteiger partial charge in [0.15, 0.2) is 0 Å². The van der Waals surface area contributed by atoms with Gasteiger partial charge in [-0.2, -0.15) is 13.2 Å². The fourth-order valence-corrected chi connectivity index (χ4v) is 13.3. The van der Waals surface area contributed by atoms with Crippen LogP contribution >= 0.6 is 21.6 Å². The molecule has 2 saturated heterocycles. The Morgan fingerprint density at radius 3 is 1.97 bits per heavy atom. The number of carboxylic acid groups (broad SMARTS) is 1. The number of aliphatic hydroxyl groups excluding tert-OH is 1. The fraction of sp³-hybridized carbons (Fsp3) is 0.589. The zero-order valence-electron chi connectivity index (χ0n) is 48.8. The van der Waals surface area contributed by atoms with Crippen molar-refractivity contribution in [1.82, 2.24) is 42.1 Å². The van der Waals surface area contributed by atoms with Gasteiger partial charge in [0.2, 0.25) is 59.1 Å². The van der Waals surface area contributed by atoms with Crippen LogP contribution in [-0.2, 0) is 65.6 Å². The molecule has 2 aromatic rings. The molecule has 5 rings (SSSR count). The molecule has 0 bridgehead atoms. The molecule has 0 unspecified atom stereocenters. The van der Waals surface area contributed by atoms with E-state index in [4.69, 9.17) is 31.8 Å². The number of nitrogens with one attached hydrogen (secondary N) is 7. The van der Waals surface area contributed by atoms with Crippen molar-refractivity contribution in [1.29, 1.82) is 0 Å². The number of phenolic OH excluding ortho intramolecular Hbond substituents is 1. The monoisotopic (exact) mass is 1270 g/mol. The molecule has 3 aliphatic rings. The van der Waals surface area contributed by atoms with Crippen LogP contribution in [0.1, 0.15) is 109 Å². The highest BCUT2D eigenvalue weighted by Crippen LogP contribution is 2.48. The maximum absolute atomic E-state index is 15.0. The summed E-state index contributed by atoms with van der Waals surface area (Å²) in [6.45, 7) is 4.88. The lowest BCUT2D eigenvalue weighted by Gasteiger charge is -2.37. The summed E-state index contributed by atoms with van der Waals surface area (Å²) in [5.74, 6) is -11.1. The van der Waals surface area contributed by atoms with Crippen molar-refractivity contribution in [2.75, 3.05) is 26.0 Å². The number of amides is 10. The standard InChI is InChI=1S/C54H79N11O13S2.C2HF3O2/c1-5-30(2)44-51(75)64-45(31(3)66)52(76)61-39(27-42(56)68)48(72)62-40(29-79-80-54(21-7-6-8-22-54)28-43(69)58-38(49(73)63-44)26-33-15-19-35(78-4)20-16-33)53(77)65-24-10-12-41(65)50(74)59-36(11-9-23-55)47(71)60-37(46(57)70)25-32-13-17-34(67)18-14-32;3-2(4,5)1(6)7/h13-20,30-31,36-41,44-45,66-67H,5-12,21-29,55H2,1-4H3,(H2,56,68)(H2,57,70)(H,58,69)(H,59,74)(H,60,71)(H,61,76)(H,62,72)(H,63,73)(H,64,75);(H,6,7)/t30-,31+,36-,37-,38-,39-,40-,41-,44-,45-;/m0./s1. The normalized spacial score (nSPS) is 23.0. The Bertz CT molecular complexity index is 2730. The Balaban J connectivity index is 0.00000217. The van der Waals surface area contributed by atoms with Crippen molar-refractivity contribution in [3.63, 3.8) is 0 Å². The van der Waals surface area contributed by atoms with Gasteiger partial charge < -0.3 is 79.4 Å². The molecule has 0 aromatic heterocycles. The third-order valence-electron chi connectivity index (χ3n) is 14.9. The van der Waals surface area contributed by atoms with Crippen LogP contribution in [0.4, 0.5) is 13.2 Å². The van der Waals surface area contributed by atoms with E-state index < -0.39 is 143 Å². The number of nitrogens with two attached hydrogens (primary N) is 3. The van der Waals surface area contributed by atoms with Crippen LogP contribution in [0, 0.1) is 5.92 Å². The second-order valence-electron chi connectivity index (χ2n) is 21.7. The summed E-state index contributed by atoms with van der Waals surface area (Å²) in [5, 5.41) is 46.4. The van der Waals surface area contributed by atoms with Crippen LogP contribution in [0.3, 0.4) is 0 Å². The summed E-state index contributed by atoms with van der Waals surface area (Å²) in [7, 11) is 4.05. The molecule has 1 saturated carbocycles. The maximum Gasteiger partial charge on any atom is 0.490 e. The number of methoxy groups -OCH3 is 1. The first-order valence-corrected chi connectivity index (χ1v) is 30.7. The Morgan fingerprint density at radius 2 is 1.40 bits per heavy atom. The maximum atomic E-state index is 15.0. The third kappa shape index (κ3) is 22.7. The first-order chi connectivity index (χ1) is 41.0. The Labute approximate surface area is 509 Å². The van der Waals surface area contributed by atoms with E-state index in [0.717, 1.165) is 19.3 Å². The minimum absolute atomic E-state index is 0.00521. The van der Waals surface area contributed by atoms with E-state index in [0.29, 0.717) is 42.6 Å². The van der Waals surface area contributed by atoms with E-state index in [2.05, 4.69) is 37.2 Å². The van der Waals surface area contributed by atoms with Gasteiger partial charge in [-0.1, -0.05) is 85.4 Å². The number of alkyl halides is 3. The van der Waals surface area contributed by atoms with Gasteiger partial charge in [0.25, 0.3) is 0 Å². The Morgan fingerprint density at radius 1 is 0.805 bits per heavy atom. The lowest BCUT2D eigenvalue weighted by atomic mass is 9.85. The largest absolute Gasteiger partial charge is 0.508 e. The average molecular weight is 1270 g/mol. The zero-order chi connectivity index (χ0) is 64.8. The summed E-state index contributed by atoms with van der Waals surface area (Å²) in [6.07, 6.45) is -2.76. The van der Waals surface area contributed by atoms with Crippen LogP contribution in [0.15, 0.2) is 48.5 Å². The number of phenols is 1. The molecule has 1 aliphatic carbocycles. The van der Waals surface area contributed by atoms with Crippen LogP contribution in [0.2, 0.25) is 0 Å². The summed E-state index contributed by atoms with van der Waals surface area (Å²) in [4.78, 5) is 150. The molecule has 1 spiro atoms. The van der Waals surface area contributed by atoms with Gasteiger partial charge in [0.05, 0.1) is 19.6 Å². The number of benzene rings is 2. The SMILES string of the molecule is CC[C@H](C)[C@@H]1NC(=O)[C@H](Cc2ccc(OC)cc2)NC(=O)CC2(CCCCC2)SSC[C@@H](C(=O)N2CCC[C@H]2C(=O)N[C@@H](CCCN)C(=O)N[C@@H](Cc2ccc(O)cc2)C(N)=O)NC(=O)[C@H](CC(N)=O)NC(=O)[C@H]([C@@H](C)O)NC1=O.O=C(O)C(F)(F)F. The Kier molecular flexibility index (Phi) is 28.4. The minimum Gasteiger partial charge on any atom is -0.508 e. The lowest BCUT2D eigenvalue weighted by Crippen LogP contribution is -2.63. The lowest BCUT2D eigenvalue weighted by molar-refractivity contribution is -0.192. The molecule has 2 aliphatic heterocycles. The zero-order valence-corrected chi connectivity index (χ0v) is 50.4. The van der Waals surface area contributed by atoms with Crippen molar-refractivity contribution in [2.45, 2.75) is 176 Å². The highest BCUT2D eigenvalue weighted by atomic mass is 33.1. The molecule has 31 heteroatoms. The van der Waals surface area contributed by atoms with E-state index >= 15 is 0 Å². The summed E-state index contributed by atoms with van der Waals surface area (Å²) < 4.78 is 36.3. The number of nitrogens with zero attached hydrogens (tertiary/aromatic N) is 1. The van der Waals surface area contributed by atoms with E-state index in [1.54, 1.807) is 50.2 Å². The number of likely N-dealkylation sites (tertiary alicyclic amines) is 1. The second kappa shape index (κ2) is 34.2. The molecular weight excluding hydrogens is 1190 g/mol. The number of carboxylic acids is 1. The molecule has 2 aromatic carbocycles. The number of carbonyl (C=O) groups excluding carboxylic acids is 10. The molecular formula is C56H80F3N11O15S2. The molecule has 3 fully saturated rings. The van der Waals surface area contributed by atoms with Crippen molar-refractivity contribution in [3.8, 4) is 11.5 Å². The number of primary amides is 2. The first kappa shape index (κ1) is 72.1. The Hall–Kier alpha value is -7.38. The van der Waals surface area contributed by atoms with Gasteiger partial charge in [-0.3, -0.25) is 47.9 Å². The van der Waals surface area contributed by atoms with Gasteiger partial charge in [-0.05, 0) is 93.3 Å². The van der Waals surface area contributed by atoms with Crippen LogP contribution in [-0.4, -0.2) is 177 Å². The molecule has 2 heterocycles. The summed E-state index contributed by atoms with van der Waals surface area (Å²) in [5.41, 5.74) is 18.3. The van der Waals surface area contributed by atoms with E-state index in [1.165, 1.54) is 52.7 Å². The quantitative estimate of drug-likeness (QED) is 0.0837. The number of carbonyl (C=O) groups is 11. The van der Waals surface area contributed by atoms with Crippen molar-refractivity contribution in [2.24, 2.45) is 23.1 Å². The van der Waals surface area contributed by atoms with E-state index in [9.17, 15) is 71.3 Å². The summed E-state index contributed by atoms with van der Waals surface area (Å²) in [6, 6.07) is 1.83. The van der Waals surface area contributed by atoms with E-state index in [-0.39, 0.29) is 63.1 Å². The van der Waals surface area contributed by atoms with Gasteiger partial charge in [0, 0.05) is 36.3 Å². The molecule has 482 valence electrons. The molecule has 0 radical (unpaired) electrons. The average Bonchev–Trinajstić information content (AvgIpc) is 4.15. The van der Waals surface area contributed by atoms with Gasteiger partial charge in [-0.25, -0.2) is 4.79 Å². The van der Waals surface area contributed by atoms with E-state index in [1.807, 2.05) is 0 Å². The number of hydrogen-bond acceptors (Lipinski definition) is 17. The third-order valence-corrected chi connectivity index (χ3v) is 18.2. The molecule has 87 heavy (non-hydrogen) atoms. The van der Waals surface area contributed by atoms with Gasteiger partial charge >= 0.3 is 12.1 Å². The fourth-order valence-electron chi connectivity index (χ4n) is 9.91. The number of aliphatic hydroxyl groups is 1. The van der Waals surface area contributed by atoms with Crippen LogP contribution in [0.25, 0.3) is 0 Å². The van der Waals surface area contributed by atoms with Gasteiger partial charge in [0.1, 0.15) is 59.8 Å². The number of ether oxygens (including phenoxy) is 1.